The molecule has 0 aliphatic rings. The van der Waals surface area contributed by atoms with Crippen molar-refractivity contribution in [3.05, 3.63) is 70.0 Å². The van der Waals surface area contributed by atoms with E-state index in [1.807, 2.05) is 19.9 Å². The molecule has 0 aliphatic heterocycles. The Morgan fingerprint density at radius 3 is 2.52 bits per heavy atom. The molecule has 27 heavy (non-hydrogen) atoms. The summed E-state index contributed by atoms with van der Waals surface area (Å²) >= 11 is 6.13. The van der Waals surface area contributed by atoms with E-state index in [4.69, 9.17) is 21.6 Å². The number of halogens is 1. The van der Waals surface area contributed by atoms with Gasteiger partial charge in [-0.15, -0.1) is 0 Å². The maximum absolute atomic E-state index is 11.6. The molecule has 7 heteroatoms. The van der Waals surface area contributed by atoms with Crippen molar-refractivity contribution >= 4 is 17.5 Å². The van der Waals surface area contributed by atoms with Gasteiger partial charge in [0, 0.05) is 12.6 Å². The maximum atomic E-state index is 11.6. The number of aryl methyl sites for hydroxylation is 1. The lowest BCUT2D eigenvalue weighted by atomic mass is 10.2. The van der Waals surface area contributed by atoms with Crippen LogP contribution < -0.4 is 10.1 Å². The number of hydrogen-bond acceptors (Lipinski definition) is 4. The first-order valence-electron chi connectivity index (χ1n) is 8.21. The summed E-state index contributed by atoms with van der Waals surface area (Å²) in [4.78, 5) is 11.6. The molecule has 2 aromatic carbocycles. The highest BCUT2D eigenvalue weighted by molar-refractivity contribution is 6.31. The second-order valence-corrected chi connectivity index (χ2v) is 6.30. The number of carbonyl (C=O) groups excluding carboxylic acids is 1. The molecule has 0 bridgehead atoms. The predicted octanol–water partition coefficient (Wildman–Crippen LogP) is 4.17. The van der Waals surface area contributed by atoms with E-state index in [1.54, 1.807) is 54.2 Å². The minimum Gasteiger partial charge on any atom is -0.453 e. The van der Waals surface area contributed by atoms with E-state index in [9.17, 15) is 4.79 Å². The third-order valence-corrected chi connectivity index (χ3v) is 4.42. The van der Waals surface area contributed by atoms with Crippen molar-refractivity contribution in [2.45, 2.75) is 13.8 Å². The van der Waals surface area contributed by atoms with E-state index in [1.165, 1.54) is 0 Å². The highest BCUT2D eigenvalue weighted by Gasteiger charge is 2.16. The van der Waals surface area contributed by atoms with E-state index < -0.39 is 0 Å². The lowest BCUT2D eigenvalue weighted by Gasteiger charge is -2.08. The third-order valence-electron chi connectivity index (χ3n) is 4.11. The van der Waals surface area contributed by atoms with Crippen LogP contribution in [0.3, 0.4) is 0 Å². The van der Waals surface area contributed by atoms with Gasteiger partial charge >= 0.3 is 0 Å². The first-order chi connectivity index (χ1) is 12.9. The van der Waals surface area contributed by atoms with Gasteiger partial charge in [0.1, 0.15) is 17.5 Å². The fourth-order valence-corrected chi connectivity index (χ4v) is 2.91. The summed E-state index contributed by atoms with van der Waals surface area (Å²) in [5, 5.41) is 16.5. The summed E-state index contributed by atoms with van der Waals surface area (Å²) in [7, 11) is 1.59. The van der Waals surface area contributed by atoms with Gasteiger partial charge in [0.2, 0.25) is 0 Å². The standard InChI is InChI=1S/C20H17ClN4O2/c1-12-19(27-17-8-5-14(6-9-17)20(26)23-3)13(2)25(24-12)16-7-4-15(11-22)18(21)10-16/h4-10H,1-3H3,(H,23,26). The van der Waals surface area contributed by atoms with Crippen molar-refractivity contribution in [3.63, 3.8) is 0 Å². The van der Waals surface area contributed by atoms with Gasteiger partial charge in [0.25, 0.3) is 5.91 Å². The highest BCUT2D eigenvalue weighted by Crippen LogP contribution is 2.31. The number of nitrogens with one attached hydrogen (secondary N) is 1. The molecule has 1 heterocycles. The molecule has 0 unspecified atom stereocenters. The van der Waals surface area contributed by atoms with E-state index in [-0.39, 0.29) is 5.91 Å². The van der Waals surface area contributed by atoms with Gasteiger partial charge in [0.15, 0.2) is 5.75 Å². The number of amides is 1. The molecule has 3 aromatic rings. The quantitative estimate of drug-likeness (QED) is 0.736. The summed E-state index contributed by atoms with van der Waals surface area (Å²) in [5.74, 6) is 1.08. The van der Waals surface area contributed by atoms with Crippen LogP contribution in [0.15, 0.2) is 42.5 Å². The molecule has 1 aromatic heterocycles. The Bertz CT molecular complexity index is 1050. The molecule has 0 saturated heterocycles. The summed E-state index contributed by atoms with van der Waals surface area (Å²) < 4.78 is 7.70. The van der Waals surface area contributed by atoms with Crippen LogP contribution in [0.4, 0.5) is 0 Å². The van der Waals surface area contributed by atoms with Crippen LogP contribution in [-0.4, -0.2) is 22.7 Å². The molecule has 0 fully saturated rings. The molecule has 1 N–H and O–H groups in total. The van der Waals surface area contributed by atoms with Crippen LogP contribution >= 0.6 is 11.6 Å². The van der Waals surface area contributed by atoms with Crippen LogP contribution in [0.5, 0.6) is 11.5 Å². The van der Waals surface area contributed by atoms with E-state index in [2.05, 4.69) is 10.4 Å². The zero-order valence-corrected chi connectivity index (χ0v) is 15.8. The number of rotatable bonds is 4. The topological polar surface area (TPSA) is 79.9 Å². The Balaban J connectivity index is 1.91. The first-order valence-corrected chi connectivity index (χ1v) is 8.58. The number of ether oxygens (including phenoxy) is 1. The highest BCUT2D eigenvalue weighted by atomic mass is 35.5. The van der Waals surface area contributed by atoms with Gasteiger partial charge in [-0.3, -0.25) is 4.79 Å². The summed E-state index contributed by atoms with van der Waals surface area (Å²) in [6.07, 6.45) is 0. The van der Waals surface area contributed by atoms with Crippen molar-refractivity contribution in [1.82, 2.24) is 15.1 Å². The number of benzene rings is 2. The minimum atomic E-state index is -0.153. The van der Waals surface area contributed by atoms with Crippen molar-refractivity contribution < 1.29 is 9.53 Å². The second kappa shape index (κ2) is 7.52. The maximum Gasteiger partial charge on any atom is 0.251 e. The molecular formula is C20H17ClN4O2. The zero-order valence-electron chi connectivity index (χ0n) is 15.1. The average molecular weight is 381 g/mol. The predicted molar refractivity (Wildman–Crippen MR) is 103 cm³/mol. The van der Waals surface area contributed by atoms with Crippen molar-refractivity contribution in [2.24, 2.45) is 0 Å². The smallest absolute Gasteiger partial charge is 0.251 e. The summed E-state index contributed by atoms with van der Waals surface area (Å²) in [6, 6.07) is 14.0. The van der Waals surface area contributed by atoms with Gasteiger partial charge in [-0.25, -0.2) is 4.68 Å². The normalized spacial score (nSPS) is 10.3. The van der Waals surface area contributed by atoms with E-state index in [0.29, 0.717) is 33.3 Å². The van der Waals surface area contributed by atoms with Gasteiger partial charge in [-0.05, 0) is 56.3 Å². The lowest BCUT2D eigenvalue weighted by molar-refractivity contribution is 0.0963. The Labute approximate surface area is 161 Å². The largest absolute Gasteiger partial charge is 0.453 e. The Morgan fingerprint density at radius 1 is 1.22 bits per heavy atom. The minimum absolute atomic E-state index is 0.153. The van der Waals surface area contributed by atoms with E-state index in [0.717, 1.165) is 11.4 Å². The molecule has 0 aliphatic carbocycles. The molecule has 6 nitrogen and oxygen atoms in total. The monoisotopic (exact) mass is 380 g/mol. The van der Waals surface area contributed by atoms with Crippen LogP contribution in [0.1, 0.15) is 27.3 Å². The third kappa shape index (κ3) is 3.64. The zero-order chi connectivity index (χ0) is 19.6. The van der Waals surface area contributed by atoms with Gasteiger partial charge in [-0.2, -0.15) is 10.4 Å². The summed E-state index contributed by atoms with van der Waals surface area (Å²) in [6.45, 7) is 3.74. The number of aromatic nitrogens is 2. The number of hydrogen-bond donors (Lipinski definition) is 1. The van der Waals surface area contributed by atoms with Crippen molar-refractivity contribution in [1.29, 1.82) is 5.26 Å². The second-order valence-electron chi connectivity index (χ2n) is 5.89. The molecule has 0 atom stereocenters. The van der Waals surface area contributed by atoms with Crippen LogP contribution in [0.2, 0.25) is 5.02 Å². The SMILES string of the molecule is CNC(=O)c1ccc(Oc2c(C)nn(-c3ccc(C#N)c(Cl)c3)c2C)cc1. The fraction of sp³-hybridized carbons (Fsp3) is 0.150. The molecule has 3 rings (SSSR count). The average Bonchev–Trinajstić information content (AvgIpc) is 2.96. The Morgan fingerprint density at radius 2 is 1.93 bits per heavy atom. The summed E-state index contributed by atoms with van der Waals surface area (Å²) in [5.41, 5.74) is 3.22. The fourth-order valence-electron chi connectivity index (χ4n) is 2.69. The molecule has 1 amide bonds. The Kier molecular flexibility index (Phi) is 5.15. The Hall–Kier alpha value is -3.30. The van der Waals surface area contributed by atoms with Gasteiger partial charge in [-0.1, -0.05) is 11.6 Å². The van der Waals surface area contributed by atoms with Gasteiger partial charge < -0.3 is 10.1 Å². The van der Waals surface area contributed by atoms with E-state index >= 15 is 0 Å². The molecule has 136 valence electrons. The first kappa shape index (κ1) is 18.5. The lowest BCUT2D eigenvalue weighted by Crippen LogP contribution is -2.17. The van der Waals surface area contributed by atoms with Gasteiger partial charge in [0.05, 0.1) is 22.0 Å². The molecule has 0 spiro atoms. The number of carbonyl (C=O) groups is 1. The molecule has 0 saturated carbocycles. The van der Waals surface area contributed by atoms with Crippen molar-refractivity contribution in [2.75, 3.05) is 7.05 Å². The van der Waals surface area contributed by atoms with Crippen LogP contribution in [0.25, 0.3) is 5.69 Å². The number of nitriles is 1. The van der Waals surface area contributed by atoms with Crippen LogP contribution in [0, 0.1) is 25.2 Å². The number of nitrogens with zero attached hydrogens (tertiary/aromatic N) is 3. The van der Waals surface area contributed by atoms with Crippen LogP contribution in [-0.2, 0) is 0 Å². The van der Waals surface area contributed by atoms with Crippen molar-refractivity contribution in [3.8, 4) is 23.3 Å². The molecule has 0 radical (unpaired) electrons. The molecular weight excluding hydrogens is 364 g/mol.